The molecule has 0 radical (unpaired) electrons. The van der Waals surface area contributed by atoms with Crippen molar-refractivity contribution >= 4 is 23.0 Å². The number of hydrogen-bond acceptors (Lipinski definition) is 2. The van der Waals surface area contributed by atoms with E-state index >= 15 is 0 Å². The van der Waals surface area contributed by atoms with Crippen molar-refractivity contribution in [2.75, 3.05) is 11.1 Å². The van der Waals surface area contributed by atoms with Crippen LogP contribution < -0.4 is 11.1 Å². The molecular formula is C13H19ClN2. The Balaban J connectivity index is 2.13. The standard InChI is InChI=1S/C13H19ClN2/c1-13(7-3-2-4-8-13)16-12-6-5-10(14)9-11(12)15/h5-6,9,16H,2-4,7-8,15H2,1H3. The van der Waals surface area contributed by atoms with Gasteiger partial charge >= 0.3 is 0 Å². The third-order valence-electron chi connectivity index (χ3n) is 3.41. The van der Waals surface area contributed by atoms with Gasteiger partial charge in [-0.2, -0.15) is 0 Å². The van der Waals surface area contributed by atoms with E-state index in [1.807, 2.05) is 12.1 Å². The van der Waals surface area contributed by atoms with Gasteiger partial charge in [0.25, 0.3) is 0 Å². The van der Waals surface area contributed by atoms with Crippen LogP contribution in [0, 0.1) is 0 Å². The molecule has 0 bridgehead atoms. The van der Waals surface area contributed by atoms with Gasteiger partial charge in [-0.25, -0.2) is 0 Å². The summed E-state index contributed by atoms with van der Waals surface area (Å²) in [5.74, 6) is 0. The van der Waals surface area contributed by atoms with Gasteiger partial charge in [0.05, 0.1) is 11.4 Å². The van der Waals surface area contributed by atoms with Crippen LogP contribution in [0.1, 0.15) is 39.0 Å². The van der Waals surface area contributed by atoms with Crippen LogP contribution >= 0.6 is 11.6 Å². The molecule has 0 amide bonds. The van der Waals surface area contributed by atoms with Gasteiger partial charge in [0.1, 0.15) is 0 Å². The molecule has 1 aliphatic carbocycles. The Morgan fingerprint density at radius 2 is 1.94 bits per heavy atom. The molecule has 3 heteroatoms. The molecule has 1 fully saturated rings. The average Bonchev–Trinajstić information content (AvgIpc) is 2.23. The van der Waals surface area contributed by atoms with Crippen molar-refractivity contribution in [2.24, 2.45) is 0 Å². The second-order valence-electron chi connectivity index (χ2n) is 4.98. The molecule has 1 aromatic rings. The number of nitrogens with two attached hydrogens (primary N) is 1. The third-order valence-corrected chi connectivity index (χ3v) is 3.64. The van der Waals surface area contributed by atoms with Crippen LogP contribution in [-0.2, 0) is 0 Å². The summed E-state index contributed by atoms with van der Waals surface area (Å²) in [4.78, 5) is 0. The molecule has 0 unspecified atom stereocenters. The first-order chi connectivity index (χ1) is 7.59. The lowest BCUT2D eigenvalue weighted by Crippen LogP contribution is -2.36. The molecular weight excluding hydrogens is 220 g/mol. The largest absolute Gasteiger partial charge is 0.397 e. The number of rotatable bonds is 2. The molecule has 1 saturated carbocycles. The number of benzene rings is 1. The zero-order chi connectivity index (χ0) is 11.6. The molecule has 2 nitrogen and oxygen atoms in total. The van der Waals surface area contributed by atoms with Crippen molar-refractivity contribution in [1.29, 1.82) is 0 Å². The molecule has 0 aliphatic heterocycles. The predicted octanol–water partition coefficient (Wildman–Crippen LogP) is 4.06. The Labute approximate surface area is 102 Å². The summed E-state index contributed by atoms with van der Waals surface area (Å²) in [6.45, 7) is 2.28. The highest BCUT2D eigenvalue weighted by Gasteiger charge is 2.26. The summed E-state index contributed by atoms with van der Waals surface area (Å²) in [5.41, 5.74) is 7.89. The highest BCUT2D eigenvalue weighted by molar-refractivity contribution is 6.31. The maximum absolute atomic E-state index is 5.95. The minimum absolute atomic E-state index is 0.195. The topological polar surface area (TPSA) is 38.0 Å². The molecule has 2 rings (SSSR count). The van der Waals surface area contributed by atoms with Crippen molar-refractivity contribution in [1.82, 2.24) is 0 Å². The predicted molar refractivity (Wildman–Crippen MR) is 71.0 cm³/mol. The van der Waals surface area contributed by atoms with Gasteiger partial charge in [0.15, 0.2) is 0 Å². The van der Waals surface area contributed by atoms with E-state index in [1.165, 1.54) is 32.1 Å². The SMILES string of the molecule is CC1(Nc2ccc(Cl)cc2N)CCCCC1. The zero-order valence-corrected chi connectivity index (χ0v) is 10.5. The van der Waals surface area contributed by atoms with Crippen molar-refractivity contribution in [3.63, 3.8) is 0 Å². The fraction of sp³-hybridized carbons (Fsp3) is 0.538. The summed E-state index contributed by atoms with van der Waals surface area (Å²) in [7, 11) is 0. The summed E-state index contributed by atoms with van der Waals surface area (Å²) < 4.78 is 0. The number of hydrogen-bond donors (Lipinski definition) is 2. The van der Waals surface area contributed by atoms with Gasteiger partial charge in [0, 0.05) is 10.6 Å². The maximum Gasteiger partial charge on any atom is 0.0579 e. The van der Waals surface area contributed by atoms with Gasteiger partial charge < -0.3 is 11.1 Å². The molecule has 16 heavy (non-hydrogen) atoms. The van der Waals surface area contributed by atoms with E-state index in [0.717, 1.165) is 11.4 Å². The van der Waals surface area contributed by atoms with Crippen molar-refractivity contribution in [3.05, 3.63) is 23.2 Å². The first kappa shape index (κ1) is 11.6. The van der Waals surface area contributed by atoms with Crippen LogP contribution in [-0.4, -0.2) is 5.54 Å². The molecule has 3 N–H and O–H groups in total. The molecule has 0 heterocycles. The number of nitrogens with one attached hydrogen (secondary N) is 1. The minimum Gasteiger partial charge on any atom is -0.397 e. The third kappa shape index (κ3) is 2.62. The lowest BCUT2D eigenvalue weighted by Gasteiger charge is -2.36. The molecule has 1 aromatic carbocycles. The summed E-state index contributed by atoms with van der Waals surface area (Å²) in [6.07, 6.45) is 6.39. The van der Waals surface area contributed by atoms with Crippen LogP contribution in [0.4, 0.5) is 11.4 Å². The van der Waals surface area contributed by atoms with E-state index in [9.17, 15) is 0 Å². The lowest BCUT2D eigenvalue weighted by atomic mass is 9.83. The maximum atomic E-state index is 5.95. The van der Waals surface area contributed by atoms with E-state index < -0.39 is 0 Å². The Kier molecular flexibility index (Phi) is 3.29. The summed E-state index contributed by atoms with van der Waals surface area (Å²) >= 11 is 5.89. The zero-order valence-electron chi connectivity index (χ0n) is 9.72. The van der Waals surface area contributed by atoms with Gasteiger partial charge in [0.2, 0.25) is 0 Å². The van der Waals surface area contributed by atoms with Crippen molar-refractivity contribution in [2.45, 2.75) is 44.6 Å². The van der Waals surface area contributed by atoms with Crippen molar-refractivity contribution in [3.8, 4) is 0 Å². The van der Waals surface area contributed by atoms with Gasteiger partial charge in [-0.15, -0.1) is 0 Å². The normalized spacial score (nSPS) is 19.4. The summed E-state index contributed by atoms with van der Waals surface area (Å²) in [5, 5.41) is 4.26. The van der Waals surface area contributed by atoms with E-state index in [-0.39, 0.29) is 5.54 Å². The Hall–Kier alpha value is -0.890. The molecule has 88 valence electrons. The fourth-order valence-electron chi connectivity index (χ4n) is 2.43. The van der Waals surface area contributed by atoms with E-state index in [0.29, 0.717) is 5.02 Å². The lowest BCUT2D eigenvalue weighted by molar-refractivity contribution is 0.349. The van der Waals surface area contributed by atoms with Crippen LogP contribution in [0.25, 0.3) is 0 Å². The van der Waals surface area contributed by atoms with E-state index in [1.54, 1.807) is 6.07 Å². The average molecular weight is 239 g/mol. The smallest absolute Gasteiger partial charge is 0.0579 e. The second kappa shape index (κ2) is 4.54. The van der Waals surface area contributed by atoms with E-state index in [2.05, 4.69) is 12.2 Å². The van der Waals surface area contributed by atoms with Crippen LogP contribution in [0.3, 0.4) is 0 Å². The molecule has 1 aliphatic rings. The molecule has 0 atom stereocenters. The Bertz CT molecular complexity index is 370. The first-order valence-corrected chi connectivity index (χ1v) is 6.30. The number of halogens is 1. The molecule has 0 saturated heterocycles. The van der Waals surface area contributed by atoms with Gasteiger partial charge in [-0.1, -0.05) is 30.9 Å². The fourth-order valence-corrected chi connectivity index (χ4v) is 2.61. The monoisotopic (exact) mass is 238 g/mol. The number of anilines is 2. The molecule has 0 aromatic heterocycles. The van der Waals surface area contributed by atoms with E-state index in [4.69, 9.17) is 17.3 Å². The molecule has 0 spiro atoms. The summed E-state index contributed by atoms with van der Waals surface area (Å²) in [6, 6.07) is 5.65. The quantitative estimate of drug-likeness (QED) is 0.763. The van der Waals surface area contributed by atoms with Gasteiger partial charge in [-0.3, -0.25) is 0 Å². The Morgan fingerprint density at radius 1 is 1.25 bits per heavy atom. The van der Waals surface area contributed by atoms with Crippen molar-refractivity contribution < 1.29 is 0 Å². The van der Waals surface area contributed by atoms with Crippen LogP contribution in [0.2, 0.25) is 5.02 Å². The highest BCUT2D eigenvalue weighted by atomic mass is 35.5. The van der Waals surface area contributed by atoms with Gasteiger partial charge in [-0.05, 0) is 38.0 Å². The minimum atomic E-state index is 0.195. The number of nitrogen functional groups attached to an aromatic ring is 1. The second-order valence-corrected chi connectivity index (χ2v) is 5.41. The highest BCUT2D eigenvalue weighted by Crippen LogP contribution is 2.33. The Morgan fingerprint density at radius 3 is 2.56 bits per heavy atom. The van der Waals surface area contributed by atoms with Crippen LogP contribution in [0.5, 0.6) is 0 Å². The first-order valence-electron chi connectivity index (χ1n) is 5.92. The van der Waals surface area contributed by atoms with Crippen LogP contribution in [0.15, 0.2) is 18.2 Å².